The van der Waals surface area contributed by atoms with Crippen molar-refractivity contribution in [3.63, 3.8) is 0 Å². The Morgan fingerprint density at radius 1 is 1.29 bits per heavy atom. The number of anilines is 1. The van der Waals surface area contributed by atoms with Gasteiger partial charge in [-0.25, -0.2) is 0 Å². The first-order valence-corrected chi connectivity index (χ1v) is 7.87. The summed E-state index contributed by atoms with van der Waals surface area (Å²) in [7, 11) is 0. The molecule has 110 valence electrons. The number of hydrogen-bond donors (Lipinski definition) is 1. The second-order valence-electron chi connectivity index (χ2n) is 4.71. The van der Waals surface area contributed by atoms with Gasteiger partial charge in [-0.1, -0.05) is 29.8 Å². The minimum Gasteiger partial charge on any atom is -0.482 e. The van der Waals surface area contributed by atoms with Gasteiger partial charge >= 0.3 is 0 Å². The summed E-state index contributed by atoms with van der Waals surface area (Å²) < 4.78 is 6.53. The Bertz CT molecular complexity index is 650. The second-order valence-corrected chi connectivity index (χ2v) is 6.28. The van der Waals surface area contributed by atoms with Crippen LogP contribution in [-0.4, -0.2) is 12.5 Å². The van der Waals surface area contributed by atoms with Crippen LogP contribution >= 0.6 is 34.2 Å². The molecule has 0 aliphatic carbocycles. The lowest BCUT2D eigenvalue weighted by molar-refractivity contribution is -0.118. The Hall–Kier alpha value is -1.27. The highest BCUT2D eigenvalue weighted by atomic mass is 127. The molecule has 2 rings (SSSR count). The molecule has 21 heavy (non-hydrogen) atoms. The predicted molar refractivity (Wildman–Crippen MR) is 94.2 cm³/mol. The van der Waals surface area contributed by atoms with Crippen molar-refractivity contribution < 1.29 is 9.53 Å². The van der Waals surface area contributed by atoms with Crippen molar-refractivity contribution in [3.05, 3.63) is 56.1 Å². The van der Waals surface area contributed by atoms with Gasteiger partial charge in [0.25, 0.3) is 5.91 Å². The van der Waals surface area contributed by atoms with Crippen molar-refractivity contribution in [1.82, 2.24) is 0 Å². The van der Waals surface area contributed by atoms with Gasteiger partial charge in [-0.15, -0.1) is 0 Å². The molecule has 0 saturated carbocycles. The highest BCUT2D eigenvalue weighted by Crippen LogP contribution is 2.29. The third-order valence-electron chi connectivity index (χ3n) is 2.87. The fraction of sp³-hybridized carbons (Fsp3) is 0.188. The number of amides is 1. The standard InChI is InChI=1S/C16H15ClINO2/c1-10-7-11(2)16(12(17)8-10)21-9-15(20)19-14-6-4-3-5-13(14)18/h3-8H,9H2,1-2H3,(H,19,20). The van der Waals surface area contributed by atoms with Crippen LogP contribution in [0.2, 0.25) is 5.02 Å². The lowest BCUT2D eigenvalue weighted by atomic mass is 10.1. The fourth-order valence-corrected chi connectivity index (χ4v) is 2.87. The Kier molecular flexibility index (Phi) is 5.47. The molecule has 2 aromatic carbocycles. The van der Waals surface area contributed by atoms with Crippen molar-refractivity contribution in [3.8, 4) is 5.75 Å². The zero-order valence-electron chi connectivity index (χ0n) is 11.7. The van der Waals surface area contributed by atoms with Gasteiger partial charge in [0.2, 0.25) is 0 Å². The van der Waals surface area contributed by atoms with Gasteiger partial charge in [-0.05, 0) is 65.8 Å². The average Bonchev–Trinajstić information content (AvgIpc) is 2.40. The van der Waals surface area contributed by atoms with E-state index in [1.807, 2.05) is 50.2 Å². The molecule has 0 aromatic heterocycles. The number of ether oxygens (including phenoxy) is 1. The van der Waals surface area contributed by atoms with Crippen LogP contribution in [0.3, 0.4) is 0 Å². The fourth-order valence-electron chi connectivity index (χ4n) is 1.97. The minimum atomic E-state index is -0.213. The highest BCUT2D eigenvalue weighted by molar-refractivity contribution is 14.1. The Balaban J connectivity index is 2.01. The van der Waals surface area contributed by atoms with Crippen molar-refractivity contribution in [2.24, 2.45) is 0 Å². The summed E-state index contributed by atoms with van der Waals surface area (Å²) in [4.78, 5) is 11.9. The van der Waals surface area contributed by atoms with E-state index in [-0.39, 0.29) is 12.5 Å². The summed E-state index contributed by atoms with van der Waals surface area (Å²) in [6.45, 7) is 3.80. The van der Waals surface area contributed by atoms with Gasteiger partial charge in [0.05, 0.1) is 10.7 Å². The van der Waals surface area contributed by atoms with Crippen LogP contribution in [0.4, 0.5) is 5.69 Å². The van der Waals surface area contributed by atoms with E-state index < -0.39 is 0 Å². The van der Waals surface area contributed by atoms with Crippen LogP contribution in [0, 0.1) is 17.4 Å². The van der Waals surface area contributed by atoms with Crippen molar-refractivity contribution in [2.45, 2.75) is 13.8 Å². The van der Waals surface area contributed by atoms with Crippen LogP contribution in [0.5, 0.6) is 5.75 Å². The van der Waals surface area contributed by atoms with Crippen LogP contribution in [0.15, 0.2) is 36.4 Å². The lowest BCUT2D eigenvalue weighted by Crippen LogP contribution is -2.21. The zero-order chi connectivity index (χ0) is 15.4. The number of carbonyl (C=O) groups is 1. The van der Waals surface area contributed by atoms with Gasteiger partial charge in [0.1, 0.15) is 5.75 Å². The maximum absolute atomic E-state index is 11.9. The molecule has 0 atom stereocenters. The summed E-state index contributed by atoms with van der Waals surface area (Å²) in [6.07, 6.45) is 0. The SMILES string of the molecule is Cc1cc(C)c(OCC(=O)Nc2ccccc2I)c(Cl)c1. The molecule has 0 heterocycles. The maximum atomic E-state index is 11.9. The number of aryl methyl sites for hydroxylation is 2. The first kappa shape index (κ1) is 16.1. The summed E-state index contributed by atoms with van der Waals surface area (Å²) in [6, 6.07) is 11.4. The molecule has 0 fully saturated rings. The van der Waals surface area contributed by atoms with Gasteiger partial charge in [-0.2, -0.15) is 0 Å². The quantitative estimate of drug-likeness (QED) is 0.743. The average molecular weight is 416 g/mol. The topological polar surface area (TPSA) is 38.3 Å². The molecule has 3 nitrogen and oxygen atoms in total. The van der Waals surface area contributed by atoms with Gasteiger partial charge in [-0.3, -0.25) is 4.79 Å². The molecule has 0 aliphatic rings. The highest BCUT2D eigenvalue weighted by Gasteiger charge is 2.10. The van der Waals surface area contributed by atoms with E-state index in [1.165, 1.54) is 0 Å². The number of hydrogen-bond acceptors (Lipinski definition) is 2. The van der Waals surface area contributed by atoms with E-state index in [1.54, 1.807) is 0 Å². The maximum Gasteiger partial charge on any atom is 0.262 e. The van der Waals surface area contributed by atoms with Crippen LogP contribution in [0.1, 0.15) is 11.1 Å². The van der Waals surface area contributed by atoms with Crippen LogP contribution < -0.4 is 10.1 Å². The zero-order valence-corrected chi connectivity index (χ0v) is 14.7. The molecule has 2 aromatic rings. The normalized spacial score (nSPS) is 10.3. The first-order chi connectivity index (χ1) is 9.97. The Morgan fingerprint density at radius 3 is 2.67 bits per heavy atom. The van der Waals surface area contributed by atoms with Crippen molar-refractivity contribution in [2.75, 3.05) is 11.9 Å². The molecule has 1 N–H and O–H groups in total. The van der Waals surface area contributed by atoms with Gasteiger partial charge in [0, 0.05) is 3.57 Å². The smallest absolute Gasteiger partial charge is 0.262 e. The van der Waals surface area contributed by atoms with Gasteiger partial charge < -0.3 is 10.1 Å². The molecule has 0 radical (unpaired) electrons. The third kappa shape index (κ3) is 4.35. The molecular formula is C16H15ClINO2. The van der Waals surface area contributed by atoms with Gasteiger partial charge in [0.15, 0.2) is 6.61 Å². The number of halogens is 2. The second kappa shape index (κ2) is 7.13. The van der Waals surface area contributed by atoms with Crippen LogP contribution in [0.25, 0.3) is 0 Å². The molecule has 5 heteroatoms. The van der Waals surface area contributed by atoms with E-state index in [0.29, 0.717) is 10.8 Å². The van der Waals surface area contributed by atoms with Crippen LogP contribution in [-0.2, 0) is 4.79 Å². The predicted octanol–water partition coefficient (Wildman–Crippen LogP) is 4.58. The molecule has 0 unspecified atom stereocenters. The minimum absolute atomic E-state index is 0.0748. The summed E-state index contributed by atoms with van der Waals surface area (Å²) >= 11 is 8.32. The Labute approximate surface area is 142 Å². The molecular weight excluding hydrogens is 401 g/mol. The molecule has 1 amide bonds. The van der Waals surface area contributed by atoms with E-state index in [0.717, 1.165) is 20.4 Å². The molecule has 0 spiro atoms. The molecule has 0 aliphatic heterocycles. The van der Waals surface area contributed by atoms with E-state index in [4.69, 9.17) is 16.3 Å². The number of para-hydroxylation sites is 1. The summed E-state index contributed by atoms with van der Waals surface area (Å²) in [5.74, 6) is 0.343. The first-order valence-electron chi connectivity index (χ1n) is 6.41. The van der Waals surface area contributed by atoms with E-state index in [2.05, 4.69) is 27.9 Å². The Morgan fingerprint density at radius 2 is 2.00 bits per heavy atom. The largest absolute Gasteiger partial charge is 0.482 e. The van der Waals surface area contributed by atoms with Crippen molar-refractivity contribution in [1.29, 1.82) is 0 Å². The lowest BCUT2D eigenvalue weighted by Gasteiger charge is -2.12. The number of carbonyl (C=O) groups excluding carboxylic acids is 1. The molecule has 0 bridgehead atoms. The third-order valence-corrected chi connectivity index (χ3v) is 4.09. The number of nitrogens with one attached hydrogen (secondary N) is 1. The number of rotatable bonds is 4. The summed E-state index contributed by atoms with van der Waals surface area (Å²) in [5, 5.41) is 3.34. The number of benzene rings is 2. The van der Waals surface area contributed by atoms with E-state index in [9.17, 15) is 4.79 Å². The summed E-state index contributed by atoms with van der Waals surface area (Å²) in [5.41, 5.74) is 2.76. The van der Waals surface area contributed by atoms with Crippen molar-refractivity contribution >= 4 is 45.8 Å². The molecule has 0 saturated heterocycles. The monoisotopic (exact) mass is 415 g/mol. The van der Waals surface area contributed by atoms with E-state index >= 15 is 0 Å².